The summed E-state index contributed by atoms with van der Waals surface area (Å²) in [6.45, 7) is 4.03. The fraction of sp³-hybridized carbons (Fsp3) is 0.500. The minimum Gasteiger partial charge on any atom is -0.479 e. The lowest BCUT2D eigenvalue weighted by Crippen LogP contribution is -2.48. The Morgan fingerprint density at radius 1 is 1.14 bits per heavy atom. The summed E-state index contributed by atoms with van der Waals surface area (Å²) in [4.78, 5) is 36.0. The number of anilines is 1. The highest BCUT2D eigenvalue weighted by Crippen LogP contribution is 2.46. The second-order valence-electron chi connectivity index (χ2n) is 8.47. The topological polar surface area (TPSA) is 213 Å². The van der Waals surface area contributed by atoms with E-state index in [9.17, 15) is 23.9 Å². The molecule has 0 aliphatic carbocycles. The standard InChI is InChI=1S/C16H16FN3O3S.C6H12O7/c1-8-20-11-7-12(19-4-2-18-3-5-19)10(17)6-9(11)14(21)13(16(22)23)15(20)24-8;7-1-2(8)3(9)4(10)5(11)6(12)13/h6-8,18H,2-5H2,1H3,(H,22,23);2-5,7-11H,1H2,(H,12,13)/t;2-,3-,4+,5-/m.1/s1. The minimum atomic E-state index is -2.20. The zero-order valence-corrected chi connectivity index (χ0v) is 20.4. The summed E-state index contributed by atoms with van der Waals surface area (Å²) in [5.41, 5.74) is 0.181. The summed E-state index contributed by atoms with van der Waals surface area (Å²) in [6.07, 6.45) is -7.84. The quantitative estimate of drug-likeness (QED) is 0.197. The number of halogens is 1. The number of thioether (sulfide) groups is 1. The number of carboxylic acid groups (broad SMARTS) is 2. The molecule has 2 aromatic rings. The second kappa shape index (κ2) is 11.7. The van der Waals surface area contributed by atoms with Gasteiger partial charge in [0.25, 0.3) is 0 Å². The molecular formula is C22H28FN3O10S. The summed E-state index contributed by atoms with van der Waals surface area (Å²) in [5, 5.41) is 65.0. The monoisotopic (exact) mass is 545 g/mol. The van der Waals surface area contributed by atoms with Crippen molar-refractivity contribution in [3.8, 4) is 0 Å². The van der Waals surface area contributed by atoms with Crippen LogP contribution in [0.15, 0.2) is 22.0 Å². The number of aliphatic hydroxyl groups is 5. The molecule has 37 heavy (non-hydrogen) atoms. The van der Waals surface area contributed by atoms with Gasteiger partial charge in [0.2, 0.25) is 5.43 Å². The van der Waals surface area contributed by atoms with Gasteiger partial charge in [-0.15, -0.1) is 0 Å². The van der Waals surface area contributed by atoms with E-state index < -0.39 is 54.2 Å². The molecule has 13 nitrogen and oxygen atoms in total. The number of aliphatic carboxylic acids is 1. The summed E-state index contributed by atoms with van der Waals surface area (Å²) >= 11 is 1.35. The molecule has 1 aromatic heterocycles. The van der Waals surface area contributed by atoms with E-state index in [-0.39, 0.29) is 16.3 Å². The lowest BCUT2D eigenvalue weighted by molar-refractivity contribution is -0.164. The summed E-state index contributed by atoms with van der Waals surface area (Å²) in [6, 6.07) is 2.87. The minimum absolute atomic E-state index is 0.0162. The van der Waals surface area contributed by atoms with Gasteiger partial charge in [0.05, 0.1) is 28.2 Å². The van der Waals surface area contributed by atoms with Crippen molar-refractivity contribution in [3.63, 3.8) is 0 Å². The predicted molar refractivity (Wildman–Crippen MR) is 130 cm³/mol. The Bertz CT molecular complexity index is 1240. The van der Waals surface area contributed by atoms with Crippen LogP contribution >= 0.6 is 11.8 Å². The number of nitrogens with one attached hydrogen (secondary N) is 1. The zero-order valence-electron chi connectivity index (χ0n) is 19.6. The number of aromatic carboxylic acids is 1. The smallest absolute Gasteiger partial charge is 0.342 e. The maximum atomic E-state index is 14.6. The Morgan fingerprint density at radius 2 is 1.76 bits per heavy atom. The molecule has 0 bridgehead atoms. The van der Waals surface area contributed by atoms with Crippen molar-refractivity contribution in [2.45, 2.75) is 41.7 Å². The predicted octanol–water partition coefficient (Wildman–Crippen LogP) is -1.62. The van der Waals surface area contributed by atoms with Crippen molar-refractivity contribution in [2.24, 2.45) is 0 Å². The maximum Gasteiger partial charge on any atom is 0.342 e. The van der Waals surface area contributed by atoms with Crippen molar-refractivity contribution < 1.29 is 49.7 Å². The van der Waals surface area contributed by atoms with Crippen molar-refractivity contribution in [1.29, 1.82) is 0 Å². The number of benzene rings is 1. The molecular weight excluding hydrogens is 517 g/mol. The number of carbonyl (C=O) groups is 2. The Hall–Kier alpha value is -2.79. The van der Waals surface area contributed by atoms with Crippen LogP contribution < -0.4 is 15.6 Å². The molecule has 1 unspecified atom stereocenters. The molecule has 1 fully saturated rings. The molecule has 5 atom stereocenters. The van der Waals surface area contributed by atoms with E-state index in [4.69, 9.17) is 30.6 Å². The van der Waals surface area contributed by atoms with E-state index in [0.717, 1.165) is 13.1 Å². The largest absolute Gasteiger partial charge is 0.479 e. The first-order valence-electron chi connectivity index (χ1n) is 11.2. The number of aliphatic hydroxyl groups excluding tert-OH is 5. The van der Waals surface area contributed by atoms with Crippen molar-refractivity contribution in [1.82, 2.24) is 9.88 Å². The lowest BCUT2D eigenvalue weighted by atomic mass is 10.0. The van der Waals surface area contributed by atoms with E-state index in [2.05, 4.69) is 5.32 Å². The first kappa shape index (κ1) is 28.8. The number of hydrogen-bond donors (Lipinski definition) is 8. The van der Waals surface area contributed by atoms with Crippen LogP contribution in [0.25, 0.3) is 10.9 Å². The number of nitrogens with zero attached hydrogens (tertiary/aromatic N) is 2. The molecule has 1 aromatic carbocycles. The molecule has 1 saturated heterocycles. The van der Waals surface area contributed by atoms with Crippen molar-refractivity contribution in [2.75, 3.05) is 37.7 Å². The first-order valence-corrected chi connectivity index (χ1v) is 12.1. The van der Waals surface area contributed by atoms with Crippen LogP contribution in [0.4, 0.5) is 10.1 Å². The number of hydrogen-bond acceptors (Lipinski definition) is 11. The van der Waals surface area contributed by atoms with Crippen molar-refractivity contribution in [3.05, 3.63) is 33.7 Å². The number of pyridine rings is 1. The number of rotatable bonds is 7. The highest BCUT2D eigenvalue weighted by atomic mass is 32.2. The Balaban J connectivity index is 0.000000251. The van der Waals surface area contributed by atoms with Gasteiger partial charge < -0.3 is 50.5 Å². The third-order valence-electron chi connectivity index (χ3n) is 6.05. The first-order chi connectivity index (χ1) is 17.4. The van der Waals surface area contributed by atoms with Crippen LogP contribution in [0.2, 0.25) is 0 Å². The van der Waals surface area contributed by atoms with Crippen molar-refractivity contribution >= 4 is 40.3 Å². The van der Waals surface area contributed by atoms with E-state index in [1.807, 2.05) is 16.4 Å². The number of aromatic nitrogens is 1. The third-order valence-corrected chi connectivity index (χ3v) is 7.23. The van der Waals surface area contributed by atoms with E-state index in [1.165, 1.54) is 17.8 Å². The van der Waals surface area contributed by atoms with Crippen LogP contribution in [0, 0.1) is 5.82 Å². The summed E-state index contributed by atoms with van der Waals surface area (Å²) < 4.78 is 16.4. The van der Waals surface area contributed by atoms with Gasteiger partial charge in [-0.25, -0.2) is 14.0 Å². The lowest BCUT2D eigenvalue weighted by Gasteiger charge is -2.34. The van der Waals surface area contributed by atoms with E-state index in [0.29, 0.717) is 29.3 Å². The molecule has 2 aliphatic rings. The molecule has 0 amide bonds. The van der Waals surface area contributed by atoms with Gasteiger partial charge in [-0.1, -0.05) is 11.8 Å². The van der Waals surface area contributed by atoms with Crippen LogP contribution in [0.5, 0.6) is 0 Å². The average Bonchev–Trinajstić information content (AvgIpc) is 2.87. The van der Waals surface area contributed by atoms with Gasteiger partial charge in [0.15, 0.2) is 6.10 Å². The van der Waals surface area contributed by atoms with E-state index >= 15 is 0 Å². The van der Waals surface area contributed by atoms with Crippen LogP contribution in [-0.4, -0.2) is 109 Å². The van der Waals surface area contributed by atoms with E-state index in [1.54, 1.807) is 6.07 Å². The SMILES string of the molecule is CC1Sc2c(C(=O)O)c(=O)c3cc(F)c(N4CCNCC4)cc3n21.O=C(O)[C@H](O)[C@@H](O)[C@H](O)[C@H](O)CO. The molecule has 8 N–H and O–H groups in total. The Morgan fingerprint density at radius 3 is 2.27 bits per heavy atom. The Kier molecular flexibility index (Phi) is 9.12. The summed E-state index contributed by atoms with van der Waals surface area (Å²) in [5.74, 6) is -3.48. The molecule has 15 heteroatoms. The second-order valence-corrected chi connectivity index (χ2v) is 9.78. The Labute approximate surface area is 213 Å². The molecule has 0 spiro atoms. The molecule has 3 heterocycles. The van der Waals surface area contributed by atoms with Crippen LogP contribution in [-0.2, 0) is 4.79 Å². The third kappa shape index (κ3) is 5.72. The van der Waals surface area contributed by atoms with Gasteiger partial charge in [-0.05, 0) is 19.1 Å². The van der Waals surface area contributed by atoms with Gasteiger partial charge in [-0.2, -0.15) is 0 Å². The molecule has 4 rings (SSSR count). The fourth-order valence-corrected chi connectivity index (χ4v) is 5.20. The number of fused-ring (bicyclic) bond motifs is 3. The van der Waals surface area contributed by atoms with Gasteiger partial charge in [-0.3, -0.25) is 4.79 Å². The fourth-order valence-electron chi connectivity index (χ4n) is 4.04. The number of carboxylic acids is 2. The molecule has 0 saturated carbocycles. The molecule has 0 radical (unpaired) electrons. The average molecular weight is 546 g/mol. The summed E-state index contributed by atoms with van der Waals surface area (Å²) in [7, 11) is 0. The maximum absolute atomic E-state index is 14.6. The zero-order chi connectivity index (χ0) is 27.6. The van der Waals surface area contributed by atoms with Crippen LogP contribution in [0.1, 0.15) is 22.7 Å². The normalized spacial score (nSPS) is 20.1. The van der Waals surface area contributed by atoms with Gasteiger partial charge >= 0.3 is 11.9 Å². The molecule has 204 valence electrons. The van der Waals surface area contributed by atoms with Crippen LogP contribution in [0.3, 0.4) is 0 Å². The van der Waals surface area contributed by atoms with Gasteiger partial charge in [0.1, 0.15) is 29.7 Å². The van der Waals surface area contributed by atoms with Gasteiger partial charge in [0, 0.05) is 31.6 Å². The highest BCUT2D eigenvalue weighted by Gasteiger charge is 2.34. The molecule has 2 aliphatic heterocycles. The number of piperazine rings is 1. The highest BCUT2D eigenvalue weighted by molar-refractivity contribution is 8.00.